The van der Waals surface area contributed by atoms with E-state index in [9.17, 15) is 13.2 Å². The summed E-state index contributed by atoms with van der Waals surface area (Å²) in [6, 6.07) is 2.49. The monoisotopic (exact) mass is 288 g/mol. The van der Waals surface area contributed by atoms with E-state index in [0.29, 0.717) is 5.56 Å². The van der Waals surface area contributed by atoms with Gasteiger partial charge in [0.25, 0.3) is 16.0 Å². The number of anilines is 1. The molecule has 1 aliphatic rings. The Kier molecular flexibility index (Phi) is 3.14. The molecule has 1 aliphatic heterocycles. The third-order valence-electron chi connectivity index (χ3n) is 2.45. The molecular weight excluding hydrogens is 280 g/mol. The first-order valence-corrected chi connectivity index (χ1v) is 6.75. The van der Waals surface area contributed by atoms with Crippen molar-refractivity contribution < 1.29 is 17.8 Å². The van der Waals surface area contributed by atoms with E-state index >= 15 is 0 Å². The number of amides is 1. The smallest absolute Gasteiger partial charge is 0.282 e. The van der Waals surface area contributed by atoms with Gasteiger partial charge in [-0.2, -0.15) is 18.5 Å². The van der Waals surface area contributed by atoms with Crippen molar-refractivity contribution in [2.24, 2.45) is 5.10 Å². The first kappa shape index (κ1) is 13.0. The van der Waals surface area contributed by atoms with Crippen molar-refractivity contribution in [2.45, 2.75) is 18.2 Å². The Morgan fingerprint density at radius 2 is 2.11 bits per heavy atom. The molecule has 0 unspecified atom stereocenters. The highest BCUT2D eigenvalue weighted by atomic mass is 35.5. The van der Waals surface area contributed by atoms with Crippen LogP contribution in [0.5, 0.6) is 0 Å². The molecule has 1 amide bonds. The fourth-order valence-corrected chi connectivity index (χ4v) is 2.47. The molecule has 0 aromatic heterocycles. The SMILES string of the molecule is Cc1cc(N2N=CCC2=O)c(S(=O)(=O)O)cc1Cl. The largest absolute Gasteiger partial charge is 0.296 e. The lowest BCUT2D eigenvalue weighted by Gasteiger charge is -2.16. The Balaban J connectivity index is 2.69. The Morgan fingerprint density at radius 3 is 2.61 bits per heavy atom. The van der Waals surface area contributed by atoms with Gasteiger partial charge in [-0.3, -0.25) is 9.35 Å². The summed E-state index contributed by atoms with van der Waals surface area (Å²) in [5.74, 6) is -0.373. The minimum Gasteiger partial charge on any atom is -0.282 e. The van der Waals surface area contributed by atoms with Gasteiger partial charge in [-0.15, -0.1) is 0 Å². The third-order valence-corrected chi connectivity index (χ3v) is 3.74. The number of nitrogens with zero attached hydrogens (tertiary/aromatic N) is 2. The van der Waals surface area contributed by atoms with Gasteiger partial charge in [-0.05, 0) is 24.6 Å². The summed E-state index contributed by atoms with van der Waals surface area (Å²) in [4.78, 5) is 11.1. The van der Waals surface area contributed by atoms with Crippen LogP contribution in [0.4, 0.5) is 5.69 Å². The fourth-order valence-electron chi connectivity index (χ4n) is 1.57. The van der Waals surface area contributed by atoms with Gasteiger partial charge < -0.3 is 0 Å². The first-order chi connectivity index (χ1) is 8.30. The number of hydrazone groups is 1. The van der Waals surface area contributed by atoms with Crippen LogP contribution in [0.3, 0.4) is 0 Å². The summed E-state index contributed by atoms with van der Waals surface area (Å²) in [6.45, 7) is 1.66. The summed E-state index contributed by atoms with van der Waals surface area (Å²) < 4.78 is 31.7. The summed E-state index contributed by atoms with van der Waals surface area (Å²) in [7, 11) is -4.49. The normalized spacial score (nSPS) is 15.5. The number of carbonyl (C=O) groups excluding carboxylic acids is 1. The van der Waals surface area contributed by atoms with E-state index in [1.54, 1.807) is 6.92 Å². The van der Waals surface area contributed by atoms with Crippen molar-refractivity contribution >= 4 is 39.5 Å². The number of hydrogen-bond acceptors (Lipinski definition) is 4. The van der Waals surface area contributed by atoms with Crippen LogP contribution in [0, 0.1) is 6.92 Å². The lowest BCUT2D eigenvalue weighted by atomic mass is 10.2. The Morgan fingerprint density at radius 1 is 1.44 bits per heavy atom. The zero-order valence-electron chi connectivity index (χ0n) is 9.29. The van der Waals surface area contributed by atoms with Gasteiger partial charge in [0.2, 0.25) is 0 Å². The average molecular weight is 289 g/mol. The second kappa shape index (κ2) is 4.34. The van der Waals surface area contributed by atoms with E-state index < -0.39 is 15.0 Å². The highest BCUT2D eigenvalue weighted by Crippen LogP contribution is 2.32. The van der Waals surface area contributed by atoms with Crippen LogP contribution >= 0.6 is 11.6 Å². The first-order valence-electron chi connectivity index (χ1n) is 4.94. The van der Waals surface area contributed by atoms with E-state index in [1.165, 1.54) is 12.3 Å². The number of hydrogen-bond donors (Lipinski definition) is 1. The van der Waals surface area contributed by atoms with Gasteiger partial charge in [0.15, 0.2) is 0 Å². The Labute approximate surface area is 109 Å². The van der Waals surface area contributed by atoms with Crippen molar-refractivity contribution in [3.8, 4) is 0 Å². The van der Waals surface area contributed by atoms with Crippen LogP contribution in [0.1, 0.15) is 12.0 Å². The van der Waals surface area contributed by atoms with Gasteiger partial charge in [0.05, 0.1) is 12.1 Å². The van der Waals surface area contributed by atoms with Crippen molar-refractivity contribution in [3.63, 3.8) is 0 Å². The van der Waals surface area contributed by atoms with Gasteiger partial charge in [0.1, 0.15) is 4.90 Å². The van der Waals surface area contributed by atoms with Crippen LogP contribution < -0.4 is 5.01 Å². The molecule has 2 rings (SSSR count). The lowest BCUT2D eigenvalue weighted by Crippen LogP contribution is -2.22. The van der Waals surface area contributed by atoms with E-state index in [1.807, 2.05) is 0 Å². The molecular formula is C10H9ClN2O4S. The van der Waals surface area contributed by atoms with Gasteiger partial charge in [0, 0.05) is 11.2 Å². The standard InChI is InChI=1S/C10H9ClN2O4S/c1-6-4-8(13-10(14)2-3-12-13)9(5-7(6)11)18(15,16)17/h3-5H,2H2,1H3,(H,15,16,17). The zero-order valence-corrected chi connectivity index (χ0v) is 10.9. The Hall–Kier alpha value is -1.44. The summed E-state index contributed by atoms with van der Waals surface area (Å²) in [5, 5.41) is 4.89. The van der Waals surface area contributed by atoms with Crippen LogP contribution in [0.15, 0.2) is 22.1 Å². The molecule has 0 spiro atoms. The molecule has 1 N–H and O–H groups in total. The van der Waals surface area contributed by atoms with Crippen molar-refractivity contribution in [1.29, 1.82) is 0 Å². The topological polar surface area (TPSA) is 87.0 Å². The zero-order chi connectivity index (χ0) is 13.5. The molecule has 0 atom stereocenters. The number of aryl methyl sites for hydroxylation is 1. The van der Waals surface area contributed by atoms with Crippen molar-refractivity contribution in [1.82, 2.24) is 0 Å². The summed E-state index contributed by atoms with van der Waals surface area (Å²) >= 11 is 5.82. The molecule has 0 fully saturated rings. The van der Waals surface area contributed by atoms with Gasteiger partial charge in [-0.1, -0.05) is 11.6 Å². The molecule has 0 radical (unpaired) electrons. The van der Waals surface area contributed by atoms with Crippen LogP contribution in [-0.4, -0.2) is 25.1 Å². The Bertz CT molecular complexity index is 654. The fraction of sp³-hybridized carbons (Fsp3) is 0.200. The predicted octanol–water partition coefficient (Wildman–Crippen LogP) is 1.62. The second-order valence-electron chi connectivity index (χ2n) is 3.75. The maximum atomic E-state index is 11.5. The maximum Gasteiger partial charge on any atom is 0.296 e. The van der Waals surface area contributed by atoms with E-state index in [-0.39, 0.29) is 23.0 Å². The summed E-state index contributed by atoms with van der Waals surface area (Å²) in [5.41, 5.74) is 0.576. The molecule has 0 saturated carbocycles. The number of rotatable bonds is 2. The quantitative estimate of drug-likeness (QED) is 0.838. The van der Waals surface area contributed by atoms with E-state index in [0.717, 1.165) is 11.1 Å². The molecule has 6 nitrogen and oxygen atoms in total. The second-order valence-corrected chi connectivity index (χ2v) is 5.55. The highest BCUT2D eigenvalue weighted by molar-refractivity contribution is 7.86. The van der Waals surface area contributed by atoms with Crippen LogP contribution in [0.25, 0.3) is 0 Å². The van der Waals surface area contributed by atoms with Crippen LogP contribution in [-0.2, 0) is 14.9 Å². The molecule has 1 aromatic rings. The molecule has 8 heteroatoms. The minimum atomic E-state index is -4.49. The van der Waals surface area contributed by atoms with Crippen LogP contribution in [0.2, 0.25) is 5.02 Å². The third kappa shape index (κ3) is 2.24. The van der Waals surface area contributed by atoms with Crippen molar-refractivity contribution in [3.05, 3.63) is 22.7 Å². The summed E-state index contributed by atoms with van der Waals surface area (Å²) in [6.07, 6.45) is 1.45. The minimum absolute atomic E-state index is 0.00171. The average Bonchev–Trinajstić information content (AvgIpc) is 2.66. The highest BCUT2D eigenvalue weighted by Gasteiger charge is 2.27. The number of carbonyl (C=O) groups is 1. The number of halogens is 1. The number of benzene rings is 1. The molecule has 1 aromatic carbocycles. The van der Waals surface area contributed by atoms with E-state index in [2.05, 4.69) is 5.10 Å². The van der Waals surface area contributed by atoms with Gasteiger partial charge >= 0.3 is 0 Å². The lowest BCUT2D eigenvalue weighted by molar-refractivity contribution is -0.116. The maximum absolute atomic E-state index is 11.5. The molecule has 0 aliphatic carbocycles. The molecule has 96 valence electrons. The molecule has 1 heterocycles. The molecule has 0 saturated heterocycles. The molecule has 18 heavy (non-hydrogen) atoms. The van der Waals surface area contributed by atoms with Gasteiger partial charge in [-0.25, -0.2) is 0 Å². The van der Waals surface area contributed by atoms with E-state index in [4.69, 9.17) is 16.2 Å². The predicted molar refractivity (Wildman–Crippen MR) is 66.6 cm³/mol. The molecule has 0 bridgehead atoms. The van der Waals surface area contributed by atoms with Crippen molar-refractivity contribution in [2.75, 3.05) is 5.01 Å².